The number of benzene rings is 1. The Morgan fingerprint density at radius 3 is 2.55 bits per heavy atom. The number of aromatic hydroxyl groups is 1. The molecule has 1 aromatic rings. The number of carboxylic acid groups (broad SMARTS) is 1. The SMILES string of the molecule is NS(=O)(=O)C1CC(=O)N(c2ccc(O)cc2C(=O)O)C1. The van der Waals surface area contributed by atoms with Gasteiger partial charge in [0.1, 0.15) is 11.0 Å². The van der Waals surface area contributed by atoms with Crippen LogP contribution in [0.5, 0.6) is 5.75 Å². The van der Waals surface area contributed by atoms with Gasteiger partial charge < -0.3 is 15.1 Å². The lowest BCUT2D eigenvalue weighted by atomic mass is 10.1. The number of phenols is 1. The van der Waals surface area contributed by atoms with Gasteiger partial charge in [-0.1, -0.05) is 0 Å². The molecule has 1 aliphatic heterocycles. The Morgan fingerprint density at radius 2 is 2.05 bits per heavy atom. The van der Waals surface area contributed by atoms with E-state index in [0.29, 0.717) is 0 Å². The van der Waals surface area contributed by atoms with Crippen LogP contribution in [0.15, 0.2) is 18.2 Å². The smallest absolute Gasteiger partial charge is 0.337 e. The first kappa shape index (κ1) is 14.3. The zero-order chi connectivity index (χ0) is 15.1. The minimum atomic E-state index is -3.88. The molecule has 2 rings (SSSR count). The summed E-state index contributed by atoms with van der Waals surface area (Å²) in [6.07, 6.45) is -0.293. The van der Waals surface area contributed by atoms with Crippen LogP contribution in [-0.4, -0.2) is 42.3 Å². The van der Waals surface area contributed by atoms with Gasteiger partial charge in [0.2, 0.25) is 15.9 Å². The second-order valence-corrected chi connectivity index (χ2v) is 6.27. The molecule has 108 valence electrons. The third kappa shape index (κ3) is 2.58. The molecule has 0 bridgehead atoms. The van der Waals surface area contributed by atoms with Gasteiger partial charge in [0.15, 0.2) is 0 Å². The summed E-state index contributed by atoms with van der Waals surface area (Å²) in [5.74, 6) is -2.12. The van der Waals surface area contributed by atoms with Crippen LogP contribution in [0, 0.1) is 0 Å². The molecule has 20 heavy (non-hydrogen) atoms. The molecule has 4 N–H and O–H groups in total. The predicted molar refractivity (Wildman–Crippen MR) is 68.9 cm³/mol. The van der Waals surface area contributed by atoms with Crippen LogP contribution in [-0.2, 0) is 14.8 Å². The lowest BCUT2D eigenvalue weighted by molar-refractivity contribution is -0.117. The summed E-state index contributed by atoms with van der Waals surface area (Å²) in [7, 11) is -3.88. The fraction of sp³-hybridized carbons (Fsp3) is 0.273. The number of anilines is 1. The van der Waals surface area contributed by atoms with Crippen molar-refractivity contribution in [1.29, 1.82) is 0 Å². The van der Waals surface area contributed by atoms with E-state index in [-0.39, 0.29) is 30.0 Å². The van der Waals surface area contributed by atoms with Crippen molar-refractivity contribution in [3.63, 3.8) is 0 Å². The van der Waals surface area contributed by atoms with Gasteiger partial charge in [-0.25, -0.2) is 18.4 Å². The first-order valence-corrected chi connectivity index (χ1v) is 7.19. The highest BCUT2D eigenvalue weighted by Crippen LogP contribution is 2.29. The molecule has 1 aliphatic rings. The summed E-state index contributed by atoms with van der Waals surface area (Å²) in [4.78, 5) is 24.0. The standard InChI is InChI=1S/C11H12N2O6S/c12-20(18,19)7-4-10(15)13(5-7)9-2-1-6(14)3-8(9)11(16)17/h1-3,7,14H,4-5H2,(H,16,17)(H2,12,18,19). The topological polar surface area (TPSA) is 138 Å². The molecule has 1 saturated heterocycles. The maximum Gasteiger partial charge on any atom is 0.337 e. The molecule has 0 radical (unpaired) electrons. The monoisotopic (exact) mass is 300 g/mol. The first-order chi connectivity index (χ1) is 9.20. The van der Waals surface area contributed by atoms with Crippen LogP contribution in [0.2, 0.25) is 0 Å². The lowest BCUT2D eigenvalue weighted by Gasteiger charge is -2.18. The number of sulfonamides is 1. The molecule has 0 aromatic heterocycles. The maximum absolute atomic E-state index is 11.8. The van der Waals surface area contributed by atoms with E-state index in [9.17, 15) is 23.1 Å². The van der Waals surface area contributed by atoms with Gasteiger partial charge in [-0.2, -0.15) is 0 Å². The minimum Gasteiger partial charge on any atom is -0.508 e. The number of carbonyl (C=O) groups excluding carboxylic acids is 1. The molecular formula is C11H12N2O6S. The van der Waals surface area contributed by atoms with Crippen LogP contribution in [0.3, 0.4) is 0 Å². The summed E-state index contributed by atoms with van der Waals surface area (Å²) in [6.45, 7) is -0.206. The van der Waals surface area contributed by atoms with Crippen molar-refractivity contribution >= 4 is 27.6 Å². The van der Waals surface area contributed by atoms with E-state index in [4.69, 9.17) is 10.2 Å². The highest BCUT2D eigenvalue weighted by molar-refractivity contribution is 7.89. The molecule has 1 aromatic carbocycles. The largest absolute Gasteiger partial charge is 0.508 e. The molecule has 1 fully saturated rings. The van der Waals surface area contributed by atoms with Gasteiger partial charge >= 0.3 is 5.97 Å². The zero-order valence-corrected chi connectivity index (χ0v) is 11.0. The number of carboxylic acids is 1. The summed E-state index contributed by atoms with van der Waals surface area (Å²) in [6, 6.07) is 3.47. The van der Waals surface area contributed by atoms with Crippen LogP contribution < -0.4 is 10.0 Å². The number of hydrogen-bond acceptors (Lipinski definition) is 5. The fourth-order valence-electron chi connectivity index (χ4n) is 2.06. The van der Waals surface area contributed by atoms with Gasteiger partial charge in [0, 0.05) is 13.0 Å². The molecular weight excluding hydrogens is 288 g/mol. The number of nitrogens with zero attached hydrogens (tertiary/aromatic N) is 1. The van der Waals surface area contributed by atoms with Crippen molar-refractivity contribution < 1.29 is 28.2 Å². The number of rotatable bonds is 3. The van der Waals surface area contributed by atoms with Crippen LogP contribution in [0.4, 0.5) is 5.69 Å². The second-order valence-electron chi connectivity index (χ2n) is 4.43. The first-order valence-electron chi connectivity index (χ1n) is 5.58. The molecule has 1 unspecified atom stereocenters. The molecule has 9 heteroatoms. The van der Waals surface area contributed by atoms with Crippen LogP contribution in [0.1, 0.15) is 16.8 Å². The molecule has 0 spiro atoms. The van der Waals surface area contributed by atoms with Gasteiger partial charge in [-0.05, 0) is 18.2 Å². The quantitative estimate of drug-likeness (QED) is 0.687. The number of amides is 1. The fourth-order valence-corrected chi connectivity index (χ4v) is 2.79. The van der Waals surface area contributed by atoms with Crippen molar-refractivity contribution in [2.75, 3.05) is 11.4 Å². The average Bonchev–Trinajstić information content (AvgIpc) is 2.71. The molecule has 1 atom stereocenters. The Bertz CT molecular complexity index is 684. The van der Waals surface area contributed by atoms with E-state index >= 15 is 0 Å². The molecule has 8 nitrogen and oxygen atoms in total. The Labute approximate surface area is 114 Å². The third-order valence-corrected chi connectivity index (χ3v) is 4.30. The summed E-state index contributed by atoms with van der Waals surface area (Å²) >= 11 is 0. The van der Waals surface area contributed by atoms with Gasteiger partial charge in [-0.15, -0.1) is 0 Å². The predicted octanol–water partition coefficient (Wildman–Crippen LogP) is -0.516. The van der Waals surface area contributed by atoms with Gasteiger partial charge in [0.05, 0.1) is 11.3 Å². The molecule has 0 saturated carbocycles. The number of hydrogen-bond donors (Lipinski definition) is 3. The van der Waals surface area contributed by atoms with Crippen LogP contribution in [0.25, 0.3) is 0 Å². The second kappa shape index (κ2) is 4.76. The normalized spacial score (nSPS) is 19.4. The molecule has 1 amide bonds. The van der Waals surface area contributed by atoms with Gasteiger partial charge in [0.25, 0.3) is 0 Å². The van der Waals surface area contributed by atoms with Crippen molar-refractivity contribution in [2.24, 2.45) is 5.14 Å². The zero-order valence-electron chi connectivity index (χ0n) is 10.2. The van der Waals surface area contributed by atoms with Crippen LogP contribution >= 0.6 is 0 Å². The van der Waals surface area contributed by atoms with E-state index in [0.717, 1.165) is 11.0 Å². The number of phenolic OH excluding ortho intramolecular Hbond substituents is 1. The molecule has 1 heterocycles. The summed E-state index contributed by atoms with van der Waals surface area (Å²) in [5, 5.41) is 22.3. The van der Waals surface area contributed by atoms with Crippen molar-refractivity contribution in [3.8, 4) is 5.75 Å². The Balaban J connectivity index is 2.43. The van der Waals surface area contributed by atoms with E-state index in [1.54, 1.807) is 0 Å². The molecule has 0 aliphatic carbocycles. The highest BCUT2D eigenvalue weighted by atomic mass is 32.2. The average molecular weight is 300 g/mol. The van der Waals surface area contributed by atoms with E-state index in [2.05, 4.69) is 0 Å². The number of nitrogens with two attached hydrogens (primary N) is 1. The highest BCUT2D eigenvalue weighted by Gasteiger charge is 2.38. The number of primary sulfonamides is 1. The van der Waals surface area contributed by atoms with E-state index in [1.807, 2.05) is 0 Å². The van der Waals surface area contributed by atoms with E-state index in [1.165, 1.54) is 12.1 Å². The third-order valence-electron chi connectivity index (χ3n) is 3.06. The van der Waals surface area contributed by atoms with Crippen molar-refractivity contribution in [2.45, 2.75) is 11.7 Å². The Kier molecular flexibility index (Phi) is 3.40. The number of aromatic carboxylic acids is 1. The summed E-state index contributed by atoms with van der Waals surface area (Å²) < 4.78 is 22.5. The maximum atomic E-state index is 11.8. The van der Waals surface area contributed by atoms with Crippen molar-refractivity contribution in [1.82, 2.24) is 0 Å². The summed E-state index contributed by atoms with van der Waals surface area (Å²) in [5.41, 5.74) is -0.250. The Morgan fingerprint density at radius 1 is 1.40 bits per heavy atom. The Hall–Kier alpha value is -2.13. The number of carbonyl (C=O) groups is 2. The van der Waals surface area contributed by atoms with Gasteiger partial charge in [-0.3, -0.25) is 4.79 Å². The minimum absolute atomic E-state index is 0.0338. The van der Waals surface area contributed by atoms with Crippen molar-refractivity contribution in [3.05, 3.63) is 23.8 Å². The van der Waals surface area contributed by atoms with E-state index < -0.39 is 27.1 Å². The lowest BCUT2D eigenvalue weighted by Crippen LogP contribution is -2.32.